The predicted molar refractivity (Wildman–Crippen MR) is 55.4 cm³/mol. The van der Waals surface area contributed by atoms with Gasteiger partial charge in [-0.1, -0.05) is 12.1 Å². The molecular weight excluding hydrogens is 178 g/mol. The molecule has 2 N–H and O–H groups in total. The number of Topliss-reactive ketones (excluding diaryl/α,β-unsaturated/α-hetero) is 1. The Morgan fingerprint density at radius 1 is 1.43 bits per heavy atom. The van der Waals surface area contributed by atoms with Crippen LogP contribution in [0.3, 0.4) is 0 Å². The normalized spacial score (nSPS) is 12.2. The molecule has 1 rings (SSSR count). The van der Waals surface area contributed by atoms with E-state index in [4.69, 9.17) is 10.5 Å². The molecule has 1 atom stereocenters. The Labute approximate surface area is 83.9 Å². The number of methoxy groups -OCH3 is 1. The number of carbonyl (C=O) groups excluding carboxylic acids is 1. The molecule has 0 aliphatic rings. The molecule has 3 nitrogen and oxygen atoms in total. The summed E-state index contributed by atoms with van der Waals surface area (Å²) in [5.74, 6) is 0.825. The lowest BCUT2D eigenvalue weighted by Crippen LogP contribution is -2.30. The quantitative estimate of drug-likeness (QED) is 0.780. The Hall–Kier alpha value is -1.35. The highest BCUT2D eigenvalue weighted by molar-refractivity contribution is 5.81. The van der Waals surface area contributed by atoms with Crippen LogP contribution in [0.25, 0.3) is 0 Å². The topological polar surface area (TPSA) is 52.3 Å². The summed E-state index contributed by atoms with van der Waals surface area (Å²) in [7, 11) is 1.62. The van der Waals surface area contributed by atoms with Crippen LogP contribution in [-0.2, 0) is 11.2 Å². The van der Waals surface area contributed by atoms with Crippen molar-refractivity contribution in [1.82, 2.24) is 0 Å². The van der Waals surface area contributed by atoms with E-state index in [0.717, 1.165) is 11.3 Å². The Kier molecular flexibility index (Phi) is 3.65. The van der Waals surface area contributed by atoms with Crippen molar-refractivity contribution in [3.05, 3.63) is 29.8 Å². The van der Waals surface area contributed by atoms with E-state index in [1.807, 2.05) is 24.3 Å². The molecule has 0 fully saturated rings. The van der Waals surface area contributed by atoms with Gasteiger partial charge < -0.3 is 10.5 Å². The summed E-state index contributed by atoms with van der Waals surface area (Å²) < 4.78 is 5.02. The van der Waals surface area contributed by atoms with Crippen LogP contribution in [0.15, 0.2) is 24.3 Å². The minimum absolute atomic E-state index is 0.0146. The van der Waals surface area contributed by atoms with Gasteiger partial charge in [-0.25, -0.2) is 0 Å². The Balaban J connectivity index is 2.64. The molecule has 0 aromatic heterocycles. The van der Waals surface area contributed by atoms with Crippen LogP contribution in [0.1, 0.15) is 12.5 Å². The van der Waals surface area contributed by atoms with Crippen molar-refractivity contribution in [1.29, 1.82) is 0 Å². The van der Waals surface area contributed by atoms with Crippen LogP contribution in [0.4, 0.5) is 0 Å². The predicted octanol–water partition coefficient (Wildman–Crippen LogP) is 1.15. The fourth-order valence-electron chi connectivity index (χ4n) is 1.16. The first kappa shape index (κ1) is 10.7. The minimum atomic E-state index is -0.400. The van der Waals surface area contributed by atoms with E-state index >= 15 is 0 Å². The van der Waals surface area contributed by atoms with E-state index < -0.39 is 6.04 Å². The second-order valence-corrected chi connectivity index (χ2v) is 3.27. The van der Waals surface area contributed by atoms with Gasteiger partial charge >= 0.3 is 0 Å². The molecule has 1 aromatic rings. The largest absolute Gasteiger partial charge is 0.497 e. The Bertz CT molecular complexity index is 306. The van der Waals surface area contributed by atoms with Crippen molar-refractivity contribution in [2.24, 2.45) is 5.73 Å². The smallest absolute Gasteiger partial charge is 0.146 e. The first-order valence-corrected chi connectivity index (χ1v) is 4.52. The molecule has 3 heteroatoms. The van der Waals surface area contributed by atoms with Gasteiger partial charge in [-0.05, 0) is 31.0 Å². The van der Waals surface area contributed by atoms with Crippen LogP contribution in [-0.4, -0.2) is 18.9 Å². The van der Waals surface area contributed by atoms with Gasteiger partial charge in [-0.3, -0.25) is 4.79 Å². The lowest BCUT2D eigenvalue weighted by molar-refractivity contribution is -0.118. The fourth-order valence-corrected chi connectivity index (χ4v) is 1.16. The first-order chi connectivity index (χ1) is 6.63. The zero-order valence-corrected chi connectivity index (χ0v) is 8.49. The highest BCUT2D eigenvalue weighted by Crippen LogP contribution is 2.12. The molecule has 0 bridgehead atoms. The van der Waals surface area contributed by atoms with Gasteiger partial charge in [0.15, 0.2) is 0 Å². The third-order valence-corrected chi connectivity index (χ3v) is 2.14. The highest BCUT2D eigenvalue weighted by Gasteiger charge is 2.08. The number of ketones is 1. The van der Waals surface area contributed by atoms with Crippen molar-refractivity contribution < 1.29 is 9.53 Å². The standard InChI is InChI=1S/C11H15NO2/c1-8(13)11(12)7-9-3-5-10(14-2)6-4-9/h3-6,11H,7,12H2,1-2H3/t11-/m0/s1. The maximum Gasteiger partial charge on any atom is 0.146 e. The van der Waals surface area contributed by atoms with E-state index in [-0.39, 0.29) is 5.78 Å². The summed E-state index contributed by atoms with van der Waals surface area (Å²) in [4.78, 5) is 10.9. The number of hydrogen-bond acceptors (Lipinski definition) is 3. The highest BCUT2D eigenvalue weighted by atomic mass is 16.5. The third kappa shape index (κ3) is 2.85. The molecular formula is C11H15NO2. The number of carbonyl (C=O) groups is 1. The zero-order valence-electron chi connectivity index (χ0n) is 8.49. The summed E-state index contributed by atoms with van der Waals surface area (Å²) >= 11 is 0. The van der Waals surface area contributed by atoms with Crippen molar-refractivity contribution in [3.8, 4) is 5.75 Å². The summed E-state index contributed by atoms with van der Waals surface area (Å²) in [6.45, 7) is 1.51. The third-order valence-electron chi connectivity index (χ3n) is 2.14. The number of ether oxygens (including phenoxy) is 1. The molecule has 14 heavy (non-hydrogen) atoms. The van der Waals surface area contributed by atoms with Gasteiger partial charge in [0.05, 0.1) is 13.2 Å². The molecule has 0 aliphatic heterocycles. The number of benzene rings is 1. The van der Waals surface area contributed by atoms with E-state index in [1.165, 1.54) is 6.92 Å². The van der Waals surface area contributed by atoms with Crippen LogP contribution in [0, 0.1) is 0 Å². The number of rotatable bonds is 4. The lowest BCUT2D eigenvalue weighted by Gasteiger charge is -2.07. The summed E-state index contributed by atoms with van der Waals surface area (Å²) in [6.07, 6.45) is 0.583. The summed E-state index contributed by atoms with van der Waals surface area (Å²) in [6, 6.07) is 7.16. The average Bonchev–Trinajstić information content (AvgIpc) is 2.19. The molecule has 1 aromatic carbocycles. The first-order valence-electron chi connectivity index (χ1n) is 4.52. The van der Waals surface area contributed by atoms with Gasteiger partial charge in [0.25, 0.3) is 0 Å². The zero-order chi connectivity index (χ0) is 10.6. The van der Waals surface area contributed by atoms with Crippen LogP contribution >= 0.6 is 0 Å². The molecule has 0 aliphatic carbocycles. The van der Waals surface area contributed by atoms with Crippen LogP contribution in [0.2, 0.25) is 0 Å². The van der Waals surface area contributed by atoms with Crippen molar-refractivity contribution in [2.45, 2.75) is 19.4 Å². The van der Waals surface area contributed by atoms with Gasteiger partial charge in [0.1, 0.15) is 11.5 Å². The fraction of sp³-hybridized carbons (Fsp3) is 0.364. The van der Waals surface area contributed by atoms with Gasteiger partial charge in [-0.15, -0.1) is 0 Å². The van der Waals surface area contributed by atoms with Crippen molar-refractivity contribution in [2.75, 3.05) is 7.11 Å². The molecule has 0 unspecified atom stereocenters. The molecule has 0 heterocycles. The second kappa shape index (κ2) is 4.77. The van der Waals surface area contributed by atoms with Gasteiger partial charge in [-0.2, -0.15) is 0 Å². The molecule has 0 saturated heterocycles. The minimum Gasteiger partial charge on any atom is -0.497 e. The maximum atomic E-state index is 10.9. The Morgan fingerprint density at radius 3 is 2.43 bits per heavy atom. The average molecular weight is 193 g/mol. The monoisotopic (exact) mass is 193 g/mol. The van der Waals surface area contributed by atoms with Crippen molar-refractivity contribution in [3.63, 3.8) is 0 Å². The molecule has 0 amide bonds. The van der Waals surface area contributed by atoms with Gasteiger partial charge in [0, 0.05) is 0 Å². The number of hydrogen-bond donors (Lipinski definition) is 1. The van der Waals surface area contributed by atoms with Crippen LogP contribution < -0.4 is 10.5 Å². The molecule has 0 saturated carbocycles. The second-order valence-electron chi connectivity index (χ2n) is 3.27. The summed E-state index contributed by atoms with van der Waals surface area (Å²) in [5.41, 5.74) is 6.69. The lowest BCUT2D eigenvalue weighted by atomic mass is 10.0. The van der Waals surface area contributed by atoms with E-state index in [0.29, 0.717) is 6.42 Å². The SMILES string of the molecule is COc1ccc(C[C@H](N)C(C)=O)cc1. The van der Waals surface area contributed by atoms with E-state index in [9.17, 15) is 4.79 Å². The number of nitrogens with two attached hydrogens (primary N) is 1. The van der Waals surface area contributed by atoms with Crippen LogP contribution in [0.5, 0.6) is 5.75 Å². The molecule has 76 valence electrons. The van der Waals surface area contributed by atoms with E-state index in [2.05, 4.69) is 0 Å². The van der Waals surface area contributed by atoms with Crippen molar-refractivity contribution >= 4 is 5.78 Å². The van der Waals surface area contributed by atoms with Gasteiger partial charge in [0.2, 0.25) is 0 Å². The maximum absolute atomic E-state index is 10.9. The molecule has 0 radical (unpaired) electrons. The Morgan fingerprint density at radius 2 is 2.00 bits per heavy atom. The molecule has 0 spiro atoms. The van der Waals surface area contributed by atoms with E-state index in [1.54, 1.807) is 7.11 Å². The summed E-state index contributed by atoms with van der Waals surface area (Å²) in [5, 5.41) is 0.